The van der Waals surface area contributed by atoms with E-state index in [9.17, 15) is 9.59 Å². The number of hydrogen-bond donors (Lipinski definition) is 2. The largest absolute Gasteiger partial charge is 0.342 e. The second kappa shape index (κ2) is 6.00. The van der Waals surface area contributed by atoms with E-state index in [1.807, 2.05) is 0 Å². The van der Waals surface area contributed by atoms with Crippen LogP contribution in [-0.2, 0) is 9.59 Å². The van der Waals surface area contributed by atoms with E-state index in [1.165, 1.54) is 24.8 Å². The van der Waals surface area contributed by atoms with E-state index in [1.54, 1.807) is 4.90 Å². The summed E-state index contributed by atoms with van der Waals surface area (Å²) in [7, 11) is 0. The van der Waals surface area contributed by atoms with Crippen molar-refractivity contribution in [2.24, 2.45) is 11.8 Å². The van der Waals surface area contributed by atoms with Gasteiger partial charge in [0.1, 0.15) is 0 Å². The summed E-state index contributed by atoms with van der Waals surface area (Å²) in [5.41, 5.74) is 3.58. The fourth-order valence-electron chi connectivity index (χ4n) is 2.69. The Kier molecular flexibility index (Phi) is 4.36. The third kappa shape index (κ3) is 3.10. The average Bonchev–Trinajstić information content (AvgIpc) is 2.78. The Morgan fingerprint density at radius 1 is 1.50 bits per heavy atom. The normalized spacial score (nSPS) is 24.1. The zero-order chi connectivity index (χ0) is 13.0. The number of carbonyl (C=O) groups is 2. The molecule has 18 heavy (non-hydrogen) atoms. The third-order valence-corrected chi connectivity index (χ3v) is 3.82. The molecule has 0 saturated carbocycles. The van der Waals surface area contributed by atoms with Gasteiger partial charge in [0.15, 0.2) is 0 Å². The number of nitrogens with one attached hydrogen (secondary N) is 1. The molecule has 0 aromatic rings. The van der Waals surface area contributed by atoms with E-state index in [2.05, 4.69) is 11.5 Å². The van der Waals surface area contributed by atoms with Crippen LogP contribution >= 0.6 is 0 Å². The molecule has 2 aliphatic rings. The first kappa shape index (κ1) is 13.1. The first-order valence-electron chi connectivity index (χ1n) is 6.67. The first-order chi connectivity index (χ1) is 8.70. The fourth-order valence-corrected chi connectivity index (χ4v) is 2.69. The predicted octanol–water partition coefficient (Wildman–Crippen LogP) is 0.715. The highest BCUT2D eigenvalue weighted by Gasteiger charge is 2.33. The molecule has 1 aliphatic heterocycles. The minimum absolute atomic E-state index is 0.0695. The van der Waals surface area contributed by atoms with Crippen molar-refractivity contribution in [1.82, 2.24) is 10.3 Å². The average molecular weight is 251 g/mol. The molecule has 0 aromatic carbocycles. The molecule has 1 saturated heterocycles. The zero-order valence-electron chi connectivity index (χ0n) is 10.7. The molecule has 2 rings (SSSR count). The monoisotopic (exact) mass is 251 g/mol. The molecule has 1 atom stereocenters. The molecule has 2 amide bonds. The Bertz CT molecular complexity index is 365. The number of rotatable bonds is 4. The maximum absolute atomic E-state index is 11.8. The number of nitrogens with two attached hydrogens (primary N) is 1. The number of allylic oxidation sites excluding steroid dienone is 1. The van der Waals surface area contributed by atoms with E-state index in [-0.39, 0.29) is 17.7 Å². The van der Waals surface area contributed by atoms with Crippen molar-refractivity contribution >= 4 is 11.8 Å². The van der Waals surface area contributed by atoms with Crippen LogP contribution in [0, 0.1) is 5.92 Å². The highest BCUT2D eigenvalue weighted by atomic mass is 16.2. The molecule has 5 nitrogen and oxygen atoms in total. The number of hydrazine groups is 1. The van der Waals surface area contributed by atoms with Gasteiger partial charge in [-0.2, -0.15) is 0 Å². The lowest BCUT2D eigenvalue weighted by Gasteiger charge is -2.19. The maximum atomic E-state index is 11.8. The summed E-state index contributed by atoms with van der Waals surface area (Å²) < 4.78 is 0. The summed E-state index contributed by atoms with van der Waals surface area (Å²) in [5, 5.41) is 0. The van der Waals surface area contributed by atoms with Crippen molar-refractivity contribution in [2.75, 3.05) is 13.1 Å². The summed E-state index contributed by atoms with van der Waals surface area (Å²) in [5.74, 6) is 4.66. The molecule has 0 spiro atoms. The smallest absolute Gasteiger partial charge is 0.239 e. The lowest BCUT2D eigenvalue weighted by atomic mass is 9.97. The highest BCUT2D eigenvalue weighted by molar-refractivity contribution is 5.88. The van der Waals surface area contributed by atoms with Gasteiger partial charge in [-0.15, -0.1) is 0 Å². The molecule has 5 heteroatoms. The number of carbonyl (C=O) groups excluding carboxylic acids is 2. The molecule has 0 aromatic heterocycles. The number of amides is 2. The van der Waals surface area contributed by atoms with Gasteiger partial charge < -0.3 is 4.90 Å². The lowest BCUT2D eigenvalue weighted by Crippen LogP contribution is -2.37. The third-order valence-electron chi connectivity index (χ3n) is 3.82. The van der Waals surface area contributed by atoms with Crippen LogP contribution in [0.1, 0.15) is 38.5 Å². The molecule has 0 bridgehead atoms. The van der Waals surface area contributed by atoms with Crippen LogP contribution in [0.15, 0.2) is 11.6 Å². The van der Waals surface area contributed by atoms with Crippen molar-refractivity contribution < 1.29 is 9.59 Å². The summed E-state index contributed by atoms with van der Waals surface area (Å²) in [6, 6.07) is 0. The van der Waals surface area contributed by atoms with Gasteiger partial charge in [-0.1, -0.05) is 11.6 Å². The second-order valence-corrected chi connectivity index (χ2v) is 5.11. The summed E-state index contributed by atoms with van der Waals surface area (Å²) in [6.07, 6.45) is 8.41. The highest BCUT2D eigenvalue weighted by Crippen LogP contribution is 2.23. The van der Waals surface area contributed by atoms with Crippen LogP contribution in [0.4, 0.5) is 0 Å². The minimum Gasteiger partial charge on any atom is -0.342 e. The van der Waals surface area contributed by atoms with E-state index in [0.717, 1.165) is 19.4 Å². The van der Waals surface area contributed by atoms with Gasteiger partial charge in [-0.25, -0.2) is 5.84 Å². The van der Waals surface area contributed by atoms with Crippen molar-refractivity contribution in [3.63, 3.8) is 0 Å². The standard InChI is InChI=1S/C13H21N3O2/c14-15-13(18)11-8-12(17)16(9-11)7-6-10-4-2-1-3-5-10/h4,11H,1-3,5-9,14H2,(H,15,18). The van der Waals surface area contributed by atoms with Crippen molar-refractivity contribution in [1.29, 1.82) is 0 Å². The van der Waals surface area contributed by atoms with Crippen molar-refractivity contribution in [3.8, 4) is 0 Å². The first-order valence-corrected chi connectivity index (χ1v) is 6.67. The summed E-state index contributed by atoms with van der Waals surface area (Å²) in [6.45, 7) is 1.24. The van der Waals surface area contributed by atoms with Crippen LogP contribution in [0.25, 0.3) is 0 Å². The number of nitrogens with zero attached hydrogens (tertiary/aromatic N) is 1. The molecule has 1 fully saturated rings. The van der Waals surface area contributed by atoms with Gasteiger partial charge in [0, 0.05) is 19.5 Å². The van der Waals surface area contributed by atoms with E-state index < -0.39 is 0 Å². The molecule has 3 N–H and O–H groups in total. The van der Waals surface area contributed by atoms with Gasteiger partial charge >= 0.3 is 0 Å². The molecule has 100 valence electrons. The topological polar surface area (TPSA) is 75.4 Å². The Hall–Kier alpha value is -1.36. The summed E-state index contributed by atoms with van der Waals surface area (Å²) in [4.78, 5) is 24.9. The quantitative estimate of drug-likeness (QED) is 0.334. The molecular formula is C13H21N3O2. The minimum atomic E-state index is -0.275. The Balaban J connectivity index is 1.81. The van der Waals surface area contributed by atoms with Crippen LogP contribution < -0.4 is 11.3 Å². The lowest BCUT2D eigenvalue weighted by molar-refractivity contribution is -0.129. The molecule has 1 aliphatic carbocycles. The van der Waals surface area contributed by atoms with E-state index >= 15 is 0 Å². The number of likely N-dealkylation sites (tertiary alicyclic amines) is 1. The Morgan fingerprint density at radius 3 is 3.00 bits per heavy atom. The number of hydrogen-bond acceptors (Lipinski definition) is 3. The van der Waals surface area contributed by atoms with Crippen LogP contribution in [0.3, 0.4) is 0 Å². The van der Waals surface area contributed by atoms with E-state index in [0.29, 0.717) is 13.0 Å². The maximum Gasteiger partial charge on any atom is 0.239 e. The van der Waals surface area contributed by atoms with Gasteiger partial charge in [0.25, 0.3) is 0 Å². The predicted molar refractivity (Wildman–Crippen MR) is 68.2 cm³/mol. The summed E-state index contributed by atoms with van der Waals surface area (Å²) >= 11 is 0. The van der Waals surface area contributed by atoms with E-state index in [4.69, 9.17) is 5.84 Å². The molecule has 0 radical (unpaired) electrons. The molecule has 1 unspecified atom stereocenters. The Labute approximate surface area is 107 Å². The van der Waals surface area contributed by atoms with Crippen LogP contribution in [0.2, 0.25) is 0 Å². The second-order valence-electron chi connectivity index (χ2n) is 5.11. The zero-order valence-corrected chi connectivity index (χ0v) is 10.7. The SMILES string of the molecule is NNC(=O)C1CC(=O)N(CCC2=CCCCC2)C1. The van der Waals surface area contributed by atoms with Gasteiger partial charge in [-0.05, 0) is 32.1 Å². The Morgan fingerprint density at radius 2 is 2.33 bits per heavy atom. The van der Waals surface area contributed by atoms with Crippen LogP contribution in [0.5, 0.6) is 0 Å². The van der Waals surface area contributed by atoms with Crippen molar-refractivity contribution in [3.05, 3.63) is 11.6 Å². The van der Waals surface area contributed by atoms with Gasteiger partial charge in [0.05, 0.1) is 5.92 Å². The van der Waals surface area contributed by atoms with Gasteiger partial charge in [0.2, 0.25) is 11.8 Å². The van der Waals surface area contributed by atoms with Crippen molar-refractivity contribution in [2.45, 2.75) is 38.5 Å². The van der Waals surface area contributed by atoms with Crippen LogP contribution in [-0.4, -0.2) is 29.8 Å². The molecular weight excluding hydrogens is 230 g/mol. The van der Waals surface area contributed by atoms with Gasteiger partial charge in [-0.3, -0.25) is 15.0 Å². The molecule has 1 heterocycles. The fraction of sp³-hybridized carbons (Fsp3) is 0.692.